The van der Waals surface area contributed by atoms with E-state index in [1.165, 1.54) is 51.6 Å². The monoisotopic (exact) mass is 196 g/mol. The maximum Gasteiger partial charge on any atom is 0.0192 e. The zero-order valence-electron chi connectivity index (χ0n) is 9.68. The fraction of sp³-hybridized carbons (Fsp3) is 1.00. The van der Waals surface area contributed by atoms with Gasteiger partial charge in [0.1, 0.15) is 0 Å². The molecule has 2 aliphatic rings. The van der Waals surface area contributed by atoms with E-state index in [-0.39, 0.29) is 0 Å². The van der Waals surface area contributed by atoms with Crippen LogP contribution < -0.4 is 5.32 Å². The molecule has 1 saturated heterocycles. The molecule has 1 aliphatic heterocycles. The Hall–Kier alpha value is -0.0800. The van der Waals surface area contributed by atoms with Crippen molar-refractivity contribution in [3.63, 3.8) is 0 Å². The summed E-state index contributed by atoms with van der Waals surface area (Å²) in [6, 6.07) is 0.737. The van der Waals surface area contributed by atoms with Gasteiger partial charge in [-0.3, -0.25) is 4.90 Å². The summed E-state index contributed by atoms with van der Waals surface area (Å²) in [5.41, 5.74) is 0.537. The van der Waals surface area contributed by atoms with E-state index in [2.05, 4.69) is 24.2 Å². The van der Waals surface area contributed by atoms with E-state index in [0.29, 0.717) is 5.54 Å². The molecule has 82 valence electrons. The predicted molar refractivity (Wildman–Crippen MR) is 60.5 cm³/mol. The second-order valence-electron chi connectivity index (χ2n) is 5.28. The van der Waals surface area contributed by atoms with Crippen molar-refractivity contribution in [1.82, 2.24) is 10.2 Å². The third-order valence-electron chi connectivity index (χ3n) is 4.27. The smallest absolute Gasteiger partial charge is 0.0192 e. The van der Waals surface area contributed by atoms with Crippen molar-refractivity contribution in [3.8, 4) is 0 Å². The fourth-order valence-electron chi connectivity index (χ4n) is 3.16. The number of piperidine rings is 1. The zero-order valence-corrected chi connectivity index (χ0v) is 9.68. The number of likely N-dealkylation sites (N-methyl/N-ethyl adjacent to an activating group) is 1. The van der Waals surface area contributed by atoms with Gasteiger partial charge >= 0.3 is 0 Å². The van der Waals surface area contributed by atoms with Crippen LogP contribution in [0.5, 0.6) is 0 Å². The molecule has 0 spiro atoms. The Balaban J connectivity index is 1.96. The van der Waals surface area contributed by atoms with Gasteiger partial charge in [-0.05, 0) is 46.2 Å². The van der Waals surface area contributed by atoms with E-state index in [0.717, 1.165) is 6.04 Å². The average molecular weight is 196 g/mol. The molecular formula is C12H24N2. The van der Waals surface area contributed by atoms with Gasteiger partial charge in [-0.1, -0.05) is 12.8 Å². The third-order valence-corrected chi connectivity index (χ3v) is 4.27. The van der Waals surface area contributed by atoms with E-state index in [9.17, 15) is 0 Å². The topological polar surface area (TPSA) is 15.3 Å². The molecule has 0 radical (unpaired) electrons. The van der Waals surface area contributed by atoms with Crippen molar-refractivity contribution in [2.24, 2.45) is 0 Å². The molecule has 2 fully saturated rings. The molecule has 0 aromatic rings. The first-order chi connectivity index (χ1) is 6.74. The maximum absolute atomic E-state index is 3.43. The van der Waals surface area contributed by atoms with E-state index in [4.69, 9.17) is 0 Å². The molecule has 0 amide bonds. The number of hydrogen-bond acceptors (Lipinski definition) is 2. The van der Waals surface area contributed by atoms with Crippen LogP contribution in [0.1, 0.15) is 45.4 Å². The Labute approximate surface area is 88.1 Å². The number of hydrogen-bond donors (Lipinski definition) is 1. The summed E-state index contributed by atoms with van der Waals surface area (Å²) in [7, 11) is 2.10. The summed E-state index contributed by atoms with van der Waals surface area (Å²) < 4.78 is 0. The summed E-state index contributed by atoms with van der Waals surface area (Å²) in [6.45, 7) is 5.07. The Morgan fingerprint density at radius 3 is 2.57 bits per heavy atom. The first kappa shape index (κ1) is 10.4. The molecule has 2 heteroatoms. The Bertz CT molecular complexity index is 185. The first-order valence-electron chi connectivity index (χ1n) is 6.17. The molecule has 2 nitrogen and oxygen atoms in total. The van der Waals surface area contributed by atoms with Crippen LogP contribution in [0.15, 0.2) is 0 Å². The molecule has 0 aromatic carbocycles. The van der Waals surface area contributed by atoms with Crippen molar-refractivity contribution < 1.29 is 0 Å². The van der Waals surface area contributed by atoms with Gasteiger partial charge in [0.25, 0.3) is 0 Å². The normalized spacial score (nSPS) is 33.4. The van der Waals surface area contributed by atoms with Crippen molar-refractivity contribution in [1.29, 1.82) is 0 Å². The lowest BCUT2D eigenvalue weighted by atomic mass is 9.93. The van der Waals surface area contributed by atoms with E-state index >= 15 is 0 Å². The van der Waals surface area contributed by atoms with Gasteiger partial charge < -0.3 is 5.32 Å². The van der Waals surface area contributed by atoms with Crippen molar-refractivity contribution in [2.45, 2.75) is 57.0 Å². The van der Waals surface area contributed by atoms with Crippen LogP contribution in [0.4, 0.5) is 0 Å². The average Bonchev–Trinajstić information content (AvgIpc) is 2.67. The highest BCUT2D eigenvalue weighted by Crippen LogP contribution is 2.36. The molecule has 1 aliphatic carbocycles. The van der Waals surface area contributed by atoms with Crippen LogP contribution in [0.2, 0.25) is 0 Å². The first-order valence-corrected chi connectivity index (χ1v) is 6.17. The van der Waals surface area contributed by atoms with Crippen molar-refractivity contribution >= 4 is 0 Å². The highest BCUT2D eigenvalue weighted by molar-refractivity contribution is 4.94. The van der Waals surface area contributed by atoms with Gasteiger partial charge in [0, 0.05) is 18.1 Å². The highest BCUT2D eigenvalue weighted by Gasteiger charge is 2.36. The van der Waals surface area contributed by atoms with Crippen LogP contribution in [0.3, 0.4) is 0 Å². The fourth-order valence-corrected chi connectivity index (χ4v) is 3.16. The molecule has 1 N–H and O–H groups in total. The minimum atomic E-state index is 0.537. The number of likely N-dealkylation sites (tertiary alicyclic amines) is 1. The van der Waals surface area contributed by atoms with Gasteiger partial charge in [-0.2, -0.15) is 0 Å². The molecule has 1 atom stereocenters. The number of nitrogens with one attached hydrogen (secondary N) is 1. The lowest BCUT2D eigenvalue weighted by Gasteiger charge is -2.43. The summed E-state index contributed by atoms with van der Waals surface area (Å²) in [5, 5.41) is 3.43. The molecule has 1 unspecified atom stereocenters. The molecule has 0 aromatic heterocycles. The number of nitrogens with zero attached hydrogens (tertiary/aromatic N) is 1. The molecule has 0 bridgehead atoms. The molecule has 1 saturated carbocycles. The minimum absolute atomic E-state index is 0.537. The second kappa shape index (κ2) is 4.19. The lowest BCUT2D eigenvalue weighted by molar-refractivity contribution is 0.0708. The van der Waals surface area contributed by atoms with Crippen LogP contribution in [-0.2, 0) is 0 Å². The highest BCUT2D eigenvalue weighted by atomic mass is 15.2. The number of rotatable bonds is 2. The molecular weight excluding hydrogens is 172 g/mol. The SMILES string of the molecule is CNC1CCCN(C2(C)CCCC2)C1. The third kappa shape index (κ3) is 1.96. The lowest BCUT2D eigenvalue weighted by Crippen LogP contribution is -2.53. The summed E-state index contributed by atoms with van der Waals surface area (Å²) >= 11 is 0. The summed E-state index contributed by atoms with van der Waals surface area (Å²) in [5.74, 6) is 0. The van der Waals surface area contributed by atoms with Crippen LogP contribution in [0, 0.1) is 0 Å². The Morgan fingerprint density at radius 2 is 1.93 bits per heavy atom. The van der Waals surface area contributed by atoms with Gasteiger partial charge in [0.15, 0.2) is 0 Å². The van der Waals surface area contributed by atoms with Crippen molar-refractivity contribution in [3.05, 3.63) is 0 Å². The summed E-state index contributed by atoms with van der Waals surface area (Å²) in [6.07, 6.45) is 8.46. The largest absolute Gasteiger partial charge is 0.316 e. The zero-order chi connectivity index (χ0) is 10.0. The Kier molecular flexibility index (Phi) is 3.13. The van der Waals surface area contributed by atoms with Gasteiger partial charge in [0.05, 0.1) is 0 Å². The van der Waals surface area contributed by atoms with Crippen LogP contribution in [0.25, 0.3) is 0 Å². The standard InChI is InChI=1S/C12H24N2/c1-12(7-3-4-8-12)14-9-5-6-11(10-14)13-2/h11,13H,3-10H2,1-2H3. The molecule has 14 heavy (non-hydrogen) atoms. The maximum atomic E-state index is 3.43. The van der Waals surface area contributed by atoms with E-state index < -0.39 is 0 Å². The predicted octanol–water partition coefficient (Wildman–Crippen LogP) is 2.00. The molecule has 2 rings (SSSR count). The van der Waals surface area contributed by atoms with E-state index in [1.807, 2.05) is 0 Å². The molecule has 1 heterocycles. The van der Waals surface area contributed by atoms with Crippen molar-refractivity contribution in [2.75, 3.05) is 20.1 Å². The van der Waals surface area contributed by atoms with Gasteiger partial charge in [-0.25, -0.2) is 0 Å². The van der Waals surface area contributed by atoms with Crippen LogP contribution in [-0.4, -0.2) is 36.6 Å². The quantitative estimate of drug-likeness (QED) is 0.727. The van der Waals surface area contributed by atoms with Gasteiger partial charge in [0.2, 0.25) is 0 Å². The second-order valence-corrected chi connectivity index (χ2v) is 5.28. The van der Waals surface area contributed by atoms with E-state index in [1.54, 1.807) is 0 Å². The summed E-state index contributed by atoms with van der Waals surface area (Å²) in [4.78, 5) is 2.74. The Morgan fingerprint density at radius 1 is 1.21 bits per heavy atom. The van der Waals surface area contributed by atoms with Crippen LogP contribution >= 0.6 is 0 Å². The minimum Gasteiger partial charge on any atom is -0.316 e. The van der Waals surface area contributed by atoms with Gasteiger partial charge in [-0.15, -0.1) is 0 Å².